The van der Waals surface area contributed by atoms with Crippen molar-refractivity contribution in [1.82, 2.24) is 4.57 Å². The molecule has 2 heterocycles. The Hall–Kier alpha value is -2.30. The van der Waals surface area contributed by atoms with Crippen molar-refractivity contribution in [1.29, 1.82) is 0 Å². The molecule has 3 rings (SSSR count). The smallest absolute Gasteiger partial charge is 0.343 e. The fourth-order valence-corrected chi connectivity index (χ4v) is 4.08. The maximum absolute atomic E-state index is 12.8. The third kappa shape index (κ3) is 3.94. The first-order valence-electron chi connectivity index (χ1n) is 9.75. The van der Waals surface area contributed by atoms with Crippen molar-refractivity contribution < 1.29 is 13.2 Å². The molecule has 1 aliphatic heterocycles. The first-order valence-corrected chi connectivity index (χ1v) is 9.75. The van der Waals surface area contributed by atoms with Gasteiger partial charge in [0.1, 0.15) is 0 Å². The van der Waals surface area contributed by atoms with E-state index in [1.807, 2.05) is 25.3 Å². The second-order valence-corrected chi connectivity index (χ2v) is 7.85. The zero-order valence-corrected chi connectivity index (χ0v) is 16.6. The summed E-state index contributed by atoms with van der Waals surface area (Å²) in [7, 11) is 0. The minimum absolute atomic E-state index is 0.00545. The van der Waals surface area contributed by atoms with Crippen LogP contribution in [0.25, 0.3) is 17.3 Å². The lowest BCUT2D eigenvalue weighted by atomic mass is 9.84. The zero-order valence-electron chi connectivity index (χ0n) is 16.6. The van der Waals surface area contributed by atoms with E-state index in [9.17, 15) is 18.0 Å². The van der Waals surface area contributed by atoms with Crippen molar-refractivity contribution in [2.24, 2.45) is 5.92 Å². The van der Waals surface area contributed by atoms with Gasteiger partial charge in [-0.1, -0.05) is 39.5 Å². The zero-order chi connectivity index (χ0) is 20.6. The minimum atomic E-state index is -4.16. The van der Waals surface area contributed by atoms with Gasteiger partial charge in [-0.2, -0.15) is 13.2 Å². The molecule has 1 aliphatic rings. The van der Waals surface area contributed by atoms with Gasteiger partial charge in [-0.15, -0.1) is 0 Å². The van der Waals surface area contributed by atoms with Crippen LogP contribution in [0.1, 0.15) is 55.5 Å². The summed E-state index contributed by atoms with van der Waals surface area (Å²) in [6.07, 6.45) is -0.158. The monoisotopic (exact) mass is 389 g/mol. The summed E-state index contributed by atoms with van der Waals surface area (Å²) in [4.78, 5) is 12.4. The summed E-state index contributed by atoms with van der Waals surface area (Å²) in [6, 6.07) is 5.70. The largest absolute Gasteiger partial charge is 0.389 e. The van der Waals surface area contributed by atoms with Crippen molar-refractivity contribution in [3.05, 3.63) is 63.5 Å². The maximum atomic E-state index is 12.8. The topological polar surface area (TPSA) is 22.0 Å². The van der Waals surface area contributed by atoms with Crippen LogP contribution in [-0.2, 0) is 19.3 Å². The van der Waals surface area contributed by atoms with E-state index in [1.54, 1.807) is 12.1 Å². The normalized spacial score (nSPS) is 16.0. The molecule has 1 aromatic carbocycles. The average Bonchev–Trinajstić information content (AvgIpc) is 2.63. The van der Waals surface area contributed by atoms with E-state index in [1.165, 1.54) is 0 Å². The van der Waals surface area contributed by atoms with Crippen LogP contribution >= 0.6 is 0 Å². The highest BCUT2D eigenvalue weighted by atomic mass is 19.4. The van der Waals surface area contributed by atoms with Crippen LogP contribution in [0.5, 0.6) is 0 Å². The molecule has 0 amide bonds. The van der Waals surface area contributed by atoms with E-state index in [2.05, 4.69) is 25.0 Å². The number of nitrogens with zero attached hydrogens (tertiary/aromatic N) is 1. The molecule has 0 saturated carbocycles. The summed E-state index contributed by atoms with van der Waals surface area (Å²) < 4.78 is 40.4. The molecule has 150 valence electrons. The molecule has 2 nitrogen and oxygen atoms in total. The van der Waals surface area contributed by atoms with Crippen LogP contribution in [0, 0.1) is 5.92 Å². The summed E-state index contributed by atoms with van der Waals surface area (Å²) in [5.74, 6) is 0.316. The molecular formula is C23H26F3NO. The lowest BCUT2D eigenvalue weighted by molar-refractivity contribution is -0.134. The number of pyridine rings is 1. The van der Waals surface area contributed by atoms with Gasteiger partial charge in [0.15, 0.2) is 5.43 Å². The second-order valence-electron chi connectivity index (χ2n) is 7.85. The summed E-state index contributed by atoms with van der Waals surface area (Å²) in [6.45, 7) is 9.92. The van der Waals surface area contributed by atoms with Gasteiger partial charge in [0.2, 0.25) is 0 Å². The molecule has 0 saturated heterocycles. The van der Waals surface area contributed by atoms with E-state index in [0.29, 0.717) is 17.9 Å². The van der Waals surface area contributed by atoms with Gasteiger partial charge in [-0.25, -0.2) is 0 Å². The molecule has 1 atom stereocenters. The Bertz CT molecular complexity index is 954. The fraction of sp³-hybridized carbons (Fsp3) is 0.435. The number of aromatic nitrogens is 1. The van der Waals surface area contributed by atoms with E-state index in [-0.39, 0.29) is 17.9 Å². The SMILES string of the molecule is C=Cc1cn2c(cc1=O)-c1cc(CC)c(CCC(F)(F)F)cc1CC2C(C)C. The van der Waals surface area contributed by atoms with Crippen molar-refractivity contribution in [3.8, 4) is 11.3 Å². The van der Waals surface area contributed by atoms with Gasteiger partial charge in [0.05, 0.1) is 5.69 Å². The Kier molecular flexibility index (Phi) is 5.55. The minimum Gasteiger partial charge on any atom is -0.343 e. The van der Waals surface area contributed by atoms with Gasteiger partial charge in [0, 0.05) is 35.9 Å². The Morgan fingerprint density at radius 3 is 2.54 bits per heavy atom. The highest BCUT2D eigenvalue weighted by Crippen LogP contribution is 2.39. The third-order valence-corrected chi connectivity index (χ3v) is 5.64. The van der Waals surface area contributed by atoms with Crippen LogP contribution in [0.15, 0.2) is 35.8 Å². The summed E-state index contributed by atoms with van der Waals surface area (Å²) in [5, 5.41) is 0. The molecule has 5 heteroatoms. The summed E-state index contributed by atoms with van der Waals surface area (Å²) >= 11 is 0. The maximum Gasteiger partial charge on any atom is 0.389 e. The van der Waals surface area contributed by atoms with Gasteiger partial charge >= 0.3 is 6.18 Å². The molecule has 0 radical (unpaired) electrons. The molecular weight excluding hydrogens is 363 g/mol. The Balaban J connectivity index is 2.16. The Morgan fingerprint density at radius 1 is 1.25 bits per heavy atom. The van der Waals surface area contributed by atoms with Crippen LogP contribution in [0.3, 0.4) is 0 Å². The molecule has 0 bridgehead atoms. The Labute approximate surface area is 163 Å². The van der Waals surface area contributed by atoms with E-state index in [4.69, 9.17) is 0 Å². The van der Waals surface area contributed by atoms with Gasteiger partial charge in [-0.3, -0.25) is 4.79 Å². The molecule has 0 fully saturated rings. The molecule has 0 N–H and O–H groups in total. The quantitative estimate of drug-likeness (QED) is 0.618. The second kappa shape index (κ2) is 7.61. The van der Waals surface area contributed by atoms with Crippen LogP contribution in [-0.4, -0.2) is 10.7 Å². The number of halogens is 3. The van der Waals surface area contributed by atoms with E-state index in [0.717, 1.165) is 34.4 Å². The predicted molar refractivity (Wildman–Crippen MR) is 108 cm³/mol. The molecule has 2 aromatic rings. The lowest BCUT2D eigenvalue weighted by Crippen LogP contribution is -2.26. The van der Waals surface area contributed by atoms with Gasteiger partial charge in [-0.05, 0) is 47.9 Å². The Morgan fingerprint density at radius 2 is 1.96 bits per heavy atom. The number of fused-ring (bicyclic) bond motifs is 3. The number of hydrogen-bond acceptors (Lipinski definition) is 1. The first kappa shape index (κ1) is 20.4. The van der Waals surface area contributed by atoms with Crippen LogP contribution in [0.4, 0.5) is 13.2 Å². The highest BCUT2D eigenvalue weighted by Gasteiger charge is 2.29. The fourth-order valence-electron chi connectivity index (χ4n) is 4.08. The van der Waals surface area contributed by atoms with E-state index < -0.39 is 12.6 Å². The number of alkyl halides is 3. The average molecular weight is 389 g/mol. The lowest BCUT2D eigenvalue weighted by Gasteiger charge is -2.34. The summed E-state index contributed by atoms with van der Waals surface area (Å²) in [5.41, 5.74) is 4.98. The predicted octanol–water partition coefficient (Wildman–Crippen LogP) is 5.97. The van der Waals surface area contributed by atoms with Crippen molar-refractivity contribution in [2.75, 3.05) is 0 Å². The van der Waals surface area contributed by atoms with Crippen molar-refractivity contribution in [3.63, 3.8) is 0 Å². The van der Waals surface area contributed by atoms with E-state index >= 15 is 0 Å². The molecule has 28 heavy (non-hydrogen) atoms. The third-order valence-electron chi connectivity index (χ3n) is 5.64. The number of aryl methyl sites for hydroxylation is 2. The van der Waals surface area contributed by atoms with Gasteiger partial charge < -0.3 is 4.57 Å². The molecule has 1 aromatic heterocycles. The molecule has 1 unspecified atom stereocenters. The van der Waals surface area contributed by atoms with Gasteiger partial charge in [0.25, 0.3) is 0 Å². The number of benzene rings is 1. The number of rotatable bonds is 5. The molecule has 0 spiro atoms. The van der Waals surface area contributed by atoms with Crippen LogP contribution < -0.4 is 5.43 Å². The van der Waals surface area contributed by atoms with Crippen molar-refractivity contribution >= 4 is 6.08 Å². The first-order chi connectivity index (χ1) is 13.1. The van der Waals surface area contributed by atoms with Crippen LogP contribution in [0.2, 0.25) is 0 Å². The standard InChI is InChI=1S/C23H26F3NO/c1-5-15-10-19-18(9-17(15)7-8-23(24,25)26)11-20(14(3)4)27-13-16(6-2)22(28)12-21(19)27/h6,9-10,12-14,20H,2,5,7-8,11H2,1,3-4H3. The molecule has 0 aliphatic carbocycles. The van der Waals surface area contributed by atoms with Crippen molar-refractivity contribution in [2.45, 2.75) is 58.7 Å². The highest BCUT2D eigenvalue weighted by molar-refractivity contribution is 5.69. The number of hydrogen-bond donors (Lipinski definition) is 0.